The van der Waals surface area contributed by atoms with Crippen molar-refractivity contribution in [1.82, 2.24) is 0 Å². The minimum atomic E-state index is -3.11. The summed E-state index contributed by atoms with van der Waals surface area (Å²) in [5.74, 6) is 0.257. The highest BCUT2D eigenvalue weighted by Crippen LogP contribution is 2.31. The first kappa shape index (κ1) is 11.9. The van der Waals surface area contributed by atoms with Gasteiger partial charge in [0.05, 0.1) is 11.4 Å². The number of hydrogen-bond acceptors (Lipinski definition) is 2. The van der Waals surface area contributed by atoms with E-state index in [9.17, 15) is 8.42 Å². The normalized spacial score (nSPS) is 19.8. The van der Waals surface area contributed by atoms with Crippen LogP contribution in [0.1, 0.15) is 18.4 Å². The maximum Gasteiger partial charge on any atom is 0.235 e. The highest BCUT2D eigenvalue weighted by Gasteiger charge is 2.27. The average Bonchev–Trinajstić information content (AvgIpc) is 2.19. The molecule has 0 radical (unpaired) electrons. The number of nitrogens with zero attached hydrogens (tertiary/aromatic N) is 1. The molecule has 5 heteroatoms. The molecule has 0 amide bonds. The van der Waals surface area contributed by atoms with Crippen molar-refractivity contribution in [3.63, 3.8) is 0 Å². The van der Waals surface area contributed by atoms with Gasteiger partial charge in [-0.1, -0.05) is 6.07 Å². The smallest absolute Gasteiger partial charge is 0.235 e. The first-order valence-electron chi connectivity index (χ1n) is 5.27. The van der Waals surface area contributed by atoms with Crippen LogP contribution in [0.25, 0.3) is 0 Å². The number of hydrogen-bond donors (Lipinski definition) is 0. The van der Waals surface area contributed by atoms with Gasteiger partial charge in [-0.2, -0.15) is 0 Å². The lowest BCUT2D eigenvalue weighted by Gasteiger charge is -2.29. The number of halogens is 1. The van der Waals surface area contributed by atoms with Crippen molar-refractivity contribution in [2.24, 2.45) is 0 Å². The van der Waals surface area contributed by atoms with Crippen LogP contribution in [0.2, 0.25) is 0 Å². The Morgan fingerprint density at radius 2 is 2.06 bits per heavy atom. The van der Waals surface area contributed by atoms with Gasteiger partial charge in [-0.25, -0.2) is 8.42 Å². The van der Waals surface area contributed by atoms with Gasteiger partial charge < -0.3 is 0 Å². The molecule has 1 fully saturated rings. The van der Waals surface area contributed by atoms with E-state index in [2.05, 4.69) is 15.9 Å². The highest BCUT2D eigenvalue weighted by molar-refractivity contribution is 9.10. The summed E-state index contributed by atoms with van der Waals surface area (Å²) in [6.07, 6.45) is 1.70. The standard InChI is InChI=1S/C11H14BrNO2S/c1-9-4-5-11(10(12)8-9)13-6-2-3-7-16(13,14)15/h4-5,8H,2-3,6-7H2,1H3. The van der Waals surface area contributed by atoms with Crippen LogP contribution >= 0.6 is 15.9 Å². The fourth-order valence-corrected chi connectivity index (χ4v) is 4.35. The van der Waals surface area contributed by atoms with Gasteiger partial charge in [0, 0.05) is 11.0 Å². The molecule has 0 spiro atoms. The molecule has 0 aromatic heterocycles. The predicted octanol–water partition coefficient (Wildman–Crippen LogP) is 2.69. The van der Waals surface area contributed by atoms with Crippen molar-refractivity contribution in [3.05, 3.63) is 28.2 Å². The van der Waals surface area contributed by atoms with Crippen LogP contribution in [0.15, 0.2) is 22.7 Å². The van der Waals surface area contributed by atoms with Gasteiger partial charge >= 0.3 is 0 Å². The summed E-state index contributed by atoms with van der Waals surface area (Å²) in [5.41, 5.74) is 1.87. The molecule has 0 saturated carbocycles. The molecule has 1 aromatic carbocycles. The molecule has 1 aliphatic heterocycles. The Morgan fingerprint density at radius 1 is 1.31 bits per heavy atom. The van der Waals surface area contributed by atoms with Crippen molar-refractivity contribution in [1.29, 1.82) is 0 Å². The number of rotatable bonds is 1. The second-order valence-corrected chi connectivity index (χ2v) is 6.92. The molecule has 1 saturated heterocycles. The molecule has 2 rings (SSSR count). The maximum atomic E-state index is 11.9. The minimum Gasteiger partial charge on any atom is -0.269 e. The molecule has 0 unspecified atom stereocenters. The van der Waals surface area contributed by atoms with Crippen molar-refractivity contribution in [2.45, 2.75) is 19.8 Å². The van der Waals surface area contributed by atoms with Crippen LogP contribution in [0.5, 0.6) is 0 Å². The molecule has 88 valence electrons. The molecule has 3 nitrogen and oxygen atoms in total. The van der Waals surface area contributed by atoms with Crippen LogP contribution in [0.4, 0.5) is 5.69 Å². The second kappa shape index (κ2) is 4.37. The van der Waals surface area contributed by atoms with E-state index < -0.39 is 10.0 Å². The Bertz CT molecular complexity index is 499. The monoisotopic (exact) mass is 303 g/mol. The Balaban J connectivity index is 2.43. The van der Waals surface area contributed by atoms with Crippen molar-refractivity contribution in [3.8, 4) is 0 Å². The zero-order valence-electron chi connectivity index (χ0n) is 9.11. The van der Waals surface area contributed by atoms with Crippen LogP contribution in [0, 0.1) is 6.92 Å². The number of aryl methyl sites for hydroxylation is 1. The number of sulfonamides is 1. The SMILES string of the molecule is Cc1ccc(N2CCCCS2(=O)=O)c(Br)c1. The number of benzene rings is 1. The van der Waals surface area contributed by atoms with Gasteiger partial charge in [0.25, 0.3) is 0 Å². The summed E-state index contributed by atoms with van der Waals surface area (Å²) >= 11 is 3.43. The first-order valence-corrected chi connectivity index (χ1v) is 7.67. The third kappa shape index (κ3) is 2.25. The number of anilines is 1. The third-order valence-electron chi connectivity index (χ3n) is 2.72. The van der Waals surface area contributed by atoms with Crippen LogP contribution in [0.3, 0.4) is 0 Å². The molecule has 0 atom stereocenters. The lowest BCUT2D eigenvalue weighted by Crippen LogP contribution is -2.38. The summed E-state index contributed by atoms with van der Waals surface area (Å²) in [6, 6.07) is 5.74. The lowest BCUT2D eigenvalue weighted by molar-refractivity contribution is 0.574. The molecule has 0 aliphatic carbocycles. The van der Waals surface area contributed by atoms with Gasteiger partial charge in [0.15, 0.2) is 0 Å². The van der Waals surface area contributed by atoms with Crippen LogP contribution in [-0.4, -0.2) is 20.7 Å². The van der Waals surface area contributed by atoms with Gasteiger partial charge in [0.2, 0.25) is 10.0 Å². The topological polar surface area (TPSA) is 37.4 Å². The fourth-order valence-electron chi connectivity index (χ4n) is 1.87. The van der Waals surface area contributed by atoms with Gasteiger partial charge in [0.1, 0.15) is 0 Å². The fraction of sp³-hybridized carbons (Fsp3) is 0.455. The van der Waals surface area contributed by atoms with E-state index in [0.717, 1.165) is 28.6 Å². The third-order valence-corrected chi connectivity index (χ3v) is 5.21. The average molecular weight is 304 g/mol. The van der Waals surface area contributed by atoms with E-state index in [4.69, 9.17) is 0 Å². The van der Waals surface area contributed by atoms with Crippen molar-refractivity contribution in [2.75, 3.05) is 16.6 Å². The second-order valence-electron chi connectivity index (χ2n) is 4.05. The molecule has 1 aliphatic rings. The Hall–Kier alpha value is -0.550. The lowest BCUT2D eigenvalue weighted by atomic mass is 10.2. The quantitative estimate of drug-likeness (QED) is 0.800. The van der Waals surface area contributed by atoms with Gasteiger partial charge in [-0.15, -0.1) is 0 Å². The van der Waals surface area contributed by atoms with Crippen molar-refractivity contribution < 1.29 is 8.42 Å². The maximum absolute atomic E-state index is 11.9. The van der Waals surface area contributed by atoms with E-state index >= 15 is 0 Å². The first-order chi connectivity index (χ1) is 7.50. The summed E-state index contributed by atoms with van der Waals surface area (Å²) in [7, 11) is -3.11. The largest absolute Gasteiger partial charge is 0.269 e. The Kier molecular flexibility index (Phi) is 3.26. The van der Waals surface area contributed by atoms with E-state index in [0.29, 0.717) is 6.54 Å². The molecule has 0 bridgehead atoms. The van der Waals surface area contributed by atoms with Gasteiger partial charge in [-0.05, 0) is 53.4 Å². The van der Waals surface area contributed by atoms with Crippen LogP contribution in [-0.2, 0) is 10.0 Å². The van der Waals surface area contributed by atoms with Crippen molar-refractivity contribution >= 4 is 31.6 Å². The molecular weight excluding hydrogens is 290 g/mol. The van der Waals surface area contributed by atoms with E-state index in [1.165, 1.54) is 4.31 Å². The molecule has 1 heterocycles. The van der Waals surface area contributed by atoms with E-state index in [1.54, 1.807) is 0 Å². The summed E-state index contributed by atoms with van der Waals surface area (Å²) in [4.78, 5) is 0. The zero-order valence-corrected chi connectivity index (χ0v) is 11.5. The zero-order chi connectivity index (χ0) is 11.8. The molecular formula is C11H14BrNO2S. The molecule has 16 heavy (non-hydrogen) atoms. The summed E-state index contributed by atoms with van der Waals surface area (Å²) in [6.45, 7) is 2.57. The van der Waals surface area contributed by atoms with E-state index in [1.807, 2.05) is 25.1 Å². The molecule has 0 N–H and O–H groups in total. The Morgan fingerprint density at radius 3 is 2.69 bits per heavy atom. The molecule has 1 aromatic rings. The summed E-state index contributed by atoms with van der Waals surface area (Å²) < 4.78 is 26.2. The van der Waals surface area contributed by atoms with Gasteiger partial charge in [-0.3, -0.25) is 4.31 Å². The minimum absolute atomic E-state index is 0.257. The highest BCUT2D eigenvalue weighted by atomic mass is 79.9. The Labute approximate surface area is 105 Å². The predicted molar refractivity (Wildman–Crippen MR) is 69.2 cm³/mol. The van der Waals surface area contributed by atoms with E-state index in [-0.39, 0.29) is 5.75 Å². The summed E-state index contributed by atoms with van der Waals surface area (Å²) in [5, 5.41) is 0. The van der Waals surface area contributed by atoms with Crippen LogP contribution < -0.4 is 4.31 Å².